The van der Waals surface area contributed by atoms with Crippen molar-refractivity contribution in [2.24, 2.45) is 10.3 Å². The lowest BCUT2D eigenvalue weighted by Gasteiger charge is -2.08. The van der Waals surface area contributed by atoms with E-state index in [1.54, 1.807) is 0 Å². The van der Waals surface area contributed by atoms with Crippen LogP contribution in [0.5, 0.6) is 0 Å². The molecule has 4 nitrogen and oxygen atoms in total. The molecule has 0 unspecified atom stereocenters. The van der Waals surface area contributed by atoms with Gasteiger partial charge in [0.2, 0.25) is 0 Å². The normalized spacial score (nSPS) is 19.1. The van der Waals surface area contributed by atoms with Crippen LogP contribution < -0.4 is 5.53 Å². The van der Waals surface area contributed by atoms with Crippen molar-refractivity contribution in [1.29, 1.82) is 0 Å². The predicted molar refractivity (Wildman–Crippen MR) is 29.9 cm³/mol. The Morgan fingerprint density at radius 1 is 1.75 bits per heavy atom. The largest absolute Gasteiger partial charge is 0.220 e. The molecule has 0 bridgehead atoms. The van der Waals surface area contributed by atoms with Gasteiger partial charge in [0.15, 0.2) is 0 Å². The van der Waals surface area contributed by atoms with Crippen molar-refractivity contribution in [3.8, 4) is 0 Å². The average molecular weight is 114 g/mol. The van der Waals surface area contributed by atoms with Gasteiger partial charge in [0.25, 0.3) is 0 Å². The molecule has 0 fully saturated rings. The topological polar surface area (TPSA) is 40.0 Å². The summed E-state index contributed by atoms with van der Waals surface area (Å²) in [6, 6.07) is 0. The van der Waals surface area contributed by atoms with E-state index in [2.05, 4.69) is 22.8 Å². The molecule has 8 heavy (non-hydrogen) atoms. The summed E-state index contributed by atoms with van der Waals surface area (Å²) in [6.45, 7) is 3.85. The molecule has 1 N–H and O–H groups in total. The van der Waals surface area contributed by atoms with Gasteiger partial charge in [-0.25, -0.2) is 5.53 Å². The molecule has 0 radical (unpaired) electrons. The molecule has 0 aliphatic carbocycles. The molecule has 0 saturated carbocycles. The van der Waals surface area contributed by atoms with Gasteiger partial charge in [-0.3, -0.25) is 0 Å². The molecular formula is C4H10N4. The first-order valence-electron chi connectivity index (χ1n) is 2.80. The van der Waals surface area contributed by atoms with Crippen LogP contribution in [0, 0.1) is 0 Å². The fraction of sp³-hybridized carbons (Fsp3) is 1.00. The lowest BCUT2D eigenvalue weighted by atomic mass is 10.5. The molecule has 0 aromatic rings. The number of nitrogens with zero attached hydrogens (tertiary/aromatic N) is 3. The fourth-order valence-corrected chi connectivity index (χ4v) is 0.625. The second-order valence-electron chi connectivity index (χ2n) is 1.75. The van der Waals surface area contributed by atoms with E-state index in [0.717, 1.165) is 13.0 Å². The minimum absolute atomic E-state index is 0.702. The first-order valence-corrected chi connectivity index (χ1v) is 2.80. The molecule has 0 spiro atoms. The Bertz CT molecular complexity index is 82.0. The third-order valence-electron chi connectivity index (χ3n) is 0.984. The van der Waals surface area contributed by atoms with Crippen molar-refractivity contribution in [2.75, 3.05) is 13.2 Å². The standard InChI is InChI=1S/C4H10N4/c1-2-3-8-4-5-6-7-8/h2-4H2,1H3,(H,5,7). The molecule has 0 saturated heterocycles. The highest BCUT2D eigenvalue weighted by atomic mass is 15.8. The predicted octanol–water partition coefficient (Wildman–Crippen LogP) is 0.541. The molecule has 1 aliphatic rings. The van der Waals surface area contributed by atoms with Gasteiger partial charge in [-0.1, -0.05) is 12.1 Å². The Balaban J connectivity index is 2.10. The average Bonchev–Trinajstić information content (AvgIpc) is 2.19. The summed E-state index contributed by atoms with van der Waals surface area (Å²) >= 11 is 0. The van der Waals surface area contributed by atoms with E-state index in [9.17, 15) is 0 Å². The van der Waals surface area contributed by atoms with Crippen LogP contribution >= 0.6 is 0 Å². The summed E-state index contributed by atoms with van der Waals surface area (Å²) in [5.41, 5.74) is 2.75. The highest BCUT2D eigenvalue weighted by Gasteiger charge is 2.03. The van der Waals surface area contributed by atoms with Gasteiger partial charge in [0, 0.05) is 6.54 Å². The smallest absolute Gasteiger partial charge is 0.133 e. The quantitative estimate of drug-likeness (QED) is 0.569. The molecule has 1 heterocycles. The van der Waals surface area contributed by atoms with Gasteiger partial charge < -0.3 is 0 Å². The molecule has 1 aliphatic heterocycles. The van der Waals surface area contributed by atoms with E-state index in [1.165, 1.54) is 0 Å². The van der Waals surface area contributed by atoms with Crippen molar-refractivity contribution in [3.05, 3.63) is 0 Å². The maximum atomic E-state index is 3.72. The molecule has 1 rings (SSSR count). The highest BCUT2D eigenvalue weighted by Crippen LogP contribution is 1.92. The van der Waals surface area contributed by atoms with Crippen LogP contribution in [-0.2, 0) is 0 Å². The Kier molecular flexibility index (Phi) is 1.80. The first-order chi connectivity index (χ1) is 3.93. The SMILES string of the molecule is CCCN1CN=NN1. The van der Waals surface area contributed by atoms with E-state index in [1.807, 2.05) is 5.01 Å². The summed E-state index contributed by atoms with van der Waals surface area (Å²) < 4.78 is 0. The van der Waals surface area contributed by atoms with Crippen LogP contribution in [0.15, 0.2) is 10.3 Å². The Hall–Kier alpha value is -0.640. The van der Waals surface area contributed by atoms with Crippen LogP contribution in [0.4, 0.5) is 0 Å². The molecule has 0 atom stereocenters. The van der Waals surface area contributed by atoms with Gasteiger partial charge in [0.05, 0.1) is 0 Å². The molecule has 4 heteroatoms. The zero-order valence-corrected chi connectivity index (χ0v) is 4.96. The fourth-order valence-electron chi connectivity index (χ4n) is 0.625. The van der Waals surface area contributed by atoms with Crippen LogP contribution in [-0.4, -0.2) is 18.2 Å². The van der Waals surface area contributed by atoms with E-state index in [-0.39, 0.29) is 0 Å². The van der Waals surface area contributed by atoms with Gasteiger partial charge in [-0.15, -0.1) is 0 Å². The third kappa shape index (κ3) is 1.16. The molecule has 0 aromatic carbocycles. The van der Waals surface area contributed by atoms with E-state index in [4.69, 9.17) is 0 Å². The Morgan fingerprint density at radius 2 is 2.62 bits per heavy atom. The second kappa shape index (κ2) is 2.61. The van der Waals surface area contributed by atoms with E-state index < -0.39 is 0 Å². The van der Waals surface area contributed by atoms with Gasteiger partial charge in [0.1, 0.15) is 6.67 Å². The van der Waals surface area contributed by atoms with Gasteiger partial charge in [-0.05, 0) is 6.42 Å². The monoisotopic (exact) mass is 114 g/mol. The maximum Gasteiger partial charge on any atom is 0.133 e. The number of hydrogen-bond acceptors (Lipinski definition) is 4. The molecular weight excluding hydrogens is 104 g/mol. The van der Waals surface area contributed by atoms with Crippen LogP contribution in [0.3, 0.4) is 0 Å². The Morgan fingerprint density at radius 3 is 3.12 bits per heavy atom. The van der Waals surface area contributed by atoms with Crippen LogP contribution in [0.1, 0.15) is 13.3 Å². The minimum atomic E-state index is 0.702. The van der Waals surface area contributed by atoms with Crippen LogP contribution in [0.2, 0.25) is 0 Å². The number of nitrogens with one attached hydrogen (secondary N) is 1. The first kappa shape index (κ1) is 5.50. The molecule has 0 aromatic heterocycles. The summed E-state index contributed by atoms with van der Waals surface area (Å²) in [4.78, 5) is 0. The lowest BCUT2D eigenvalue weighted by Crippen LogP contribution is -2.30. The van der Waals surface area contributed by atoms with E-state index in [0.29, 0.717) is 6.67 Å². The number of hydrogen-bond donors (Lipinski definition) is 1. The van der Waals surface area contributed by atoms with Crippen molar-refractivity contribution in [3.63, 3.8) is 0 Å². The zero-order valence-electron chi connectivity index (χ0n) is 4.96. The summed E-state index contributed by atoms with van der Waals surface area (Å²) in [6.07, 6.45) is 1.14. The van der Waals surface area contributed by atoms with Crippen molar-refractivity contribution in [2.45, 2.75) is 13.3 Å². The summed E-state index contributed by atoms with van der Waals surface area (Å²) in [7, 11) is 0. The zero-order chi connectivity index (χ0) is 5.82. The van der Waals surface area contributed by atoms with Gasteiger partial charge >= 0.3 is 0 Å². The Labute approximate surface area is 48.5 Å². The number of rotatable bonds is 2. The maximum absolute atomic E-state index is 3.72. The van der Waals surface area contributed by atoms with Crippen molar-refractivity contribution >= 4 is 0 Å². The number of hydrazine groups is 1. The molecule has 46 valence electrons. The molecule has 0 amide bonds. The summed E-state index contributed by atoms with van der Waals surface area (Å²) in [5.74, 6) is 0. The second-order valence-corrected chi connectivity index (χ2v) is 1.75. The minimum Gasteiger partial charge on any atom is -0.220 e. The van der Waals surface area contributed by atoms with Crippen LogP contribution in [0.25, 0.3) is 0 Å². The van der Waals surface area contributed by atoms with E-state index >= 15 is 0 Å². The highest BCUT2D eigenvalue weighted by molar-refractivity contribution is 4.47. The summed E-state index contributed by atoms with van der Waals surface area (Å²) in [5, 5.41) is 9.27. The van der Waals surface area contributed by atoms with Crippen molar-refractivity contribution in [1.82, 2.24) is 10.5 Å². The lowest BCUT2D eigenvalue weighted by molar-refractivity contribution is 0.237. The van der Waals surface area contributed by atoms with Gasteiger partial charge in [-0.2, -0.15) is 10.1 Å². The third-order valence-corrected chi connectivity index (χ3v) is 0.984. The van der Waals surface area contributed by atoms with Crippen molar-refractivity contribution < 1.29 is 0 Å².